The SMILES string of the molecule is CCCCCN(C(=O)CC1(CC(=O)O)CCCC1)C(C)C. The Morgan fingerprint density at radius 2 is 1.76 bits per heavy atom. The molecule has 1 N–H and O–H groups in total. The summed E-state index contributed by atoms with van der Waals surface area (Å²) in [5, 5.41) is 9.15. The number of carbonyl (C=O) groups is 2. The molecule has 0 spiro atoms. The standard InChI is InChI=1S/C17H31NO3/c1-4-5-8-11-18(14(2)3)15(19)12-17(13-16(20)21)9-6-7-10-17/h14H,4-13H2,1-3H3,(H,20,21). The van der Waals surface area contributed by atoms with Gasteiger partial charge in [0, 0.05) is 19.0 Å². The Morgan fingerprint density at radius 3 is 2.24 bits per heavy atom. The van der Waals surface area contributed by atoms with Gasteiger partial charge in [-0.2, -0.15) is 0 Å². The van der Waals surface area contributed by atoms with Gasteiger partial charge in [-0.1, -0.05) is 32.6 Å². The minimum absolute atomic E-state index is 0.139. The van der Waals surface area contributed by atoms with E-state index in [1.807, 2.05) is 18.7 Å². The van der Waals surface area contributed by atoms with Gasteiger partial charge in [0.25, 0.3) is 0 Å². The first-order valence-corrected chi connectivity index (χ1v) is 8.41. The average Bonchev–Trinajstić information content (AvgIpc) is 2.81. The average molecular weight is 297 g/mol. The van der Waals surface area contributed by atoms with E-state index in [2.05, 4.69) is 6.92 Å². The summed E-state index contributed by atoms with van der Waals surface area (Å²) < 4.78 is 0. The van der Waals surface area contributed by atoms with Crippen LogP contribution in [0.3, 0.4) is 0 Å². The lowest BCUT2D eigenvalue weighted by Gasteiger charge is -2.33. The summed E-state index contributed by atoms with van der Waals surface area (Å²) in [7, 11) is 0. The topological polar surface area (TPSA) is 57.6 Å². The smallest absolute Gasteiger partial charge is 0.303 e. The lowest BCUT2D eigenvalue weighted by Crippen LogP contribution is -2.40. The molecule has 0 aromatic carbocycles. The summed E-state index contributed by atoms with van der Waals surface area (Å²) in [6, 6.07) is 0.192. The monoisotopic (exact) mass is 297 g/mol. The van der Waals surface area contributed by atoms with Crippen molar-refractivity contribution in [2.75, 3.05) is 6.54 Å². The fourth-order valence-electron chi connectivity index (χ4n) is 3.49. The first-order chi connectivity index (χ1) is 9.90. The molecule has 1 amide bonds. The van der Waals surface area contributed by atoms with Crippen molar-refractivity contribution in [3.05, 3.63) is 0 Å². The molecule has 0 aromatic heterocycles. The molecular weight excluding hydrogens is 266 g/mol. The van der Waals surface area contributed by atoms with Gasteiger partial charge >= 0.3 is 5.97 Å². The lowest BCUT2D eigenvalue weighted by atomic mass is 9.79. The fourth-order valence-corrected chi connectivity index (χ4v) is 3.49. The van der Waals surface area contributed by atoms with E-state index in [0.717, 1.165) is 51.5 Å². The number of hydrogen-bond acceptors (Lipinski definition) is 2. The molecule has 21 heavy (non-hydrogen) atoms. The van der Waals surface area contributed by atoms with Gasteiger partial charge in [0.05, 0.1) is 6.42 Å². The molecule has 0 aliphatic heterocycles. The number of aliphatic carboxylic acids is 1. The van der Waals surface area contributed by atoms with Crippen molar-refractivity contribution in [1.82, 2.24) is 4.90 Å². The van der Waals surface area contributed by atoms with Gasteiger partial charge in [-0.3, -0.25) is 9.59 Å². The molecule has 0 aromatic rings. The molecule has 0 radical (unpaired) electrons. The number of carbonyl (C=O) groups excluding carboxylic acids is 1. The normalized spacial score (nSPS) is 17.1. The Morgan fingerprint density at radius 1 is 1.14 bits per heavy atom. The molecule has 4 heteroatoms. The van der Waals surface area contributed by atoms with E-state index in [0.29, 0.717) is 6.42 Å². The van der Waals surface area contributed by atoms with E-state index in [1.54, 1.807) is 0 Å². The summed E-state index contributed by atoms with van der Waals surface area (Å²) in [5.41, 5.74) is -0.291. The molecule has 0 saturated heterocycles. The van der Waals surface area contributed by atoms with Crippen LogP contribution in [0.5, 0.6) is 0 Å². The van der Waals surface area contributed by atoms with E-state index in [4.69, 9.17) is 5.11 Å². The summed E-state index contributed by atoms with van der Waals surface area (Å²) in [6.07, 6.45) is 7.73. The maximum absolute atomic E-state index is 12.7. The highest BCUT2D eigenvalue weighted by molar-refractivity contribution is 5.78. The van der Waals surface area contributed by atoms with Gasteiger partial charge in [-0.15, -0.1) is 0 Å². The van der Waals surface area contributed by atoms with Crippen LogP contribution in [0.4, 0.5) is 0 Å². The van der Waals surface area contributed by atoms with E-state index in [1.165, 1.54) is 0 Å². The summed E-state index contributed by atoms with van der Waals surface area (Å²) in [6.45, 7) is 7.04. The van der Waals surface area contributed by atoms with Gasteiger partial charge < -0.3 is 10.0 Å². The zero-order valence-corrected chi connectivity index (χ0v) is 13.9. The third-order valence-corrected chi connectivity index (χ3v) is 4.66. The number of amides is 1. The predicted molar refractivity (Wildman–Crippen MR) is 84.1 cm³/mol. The van der Waals surface area contributed by atoms with E-state index < -0.39 is 5.97 Å². The Hall–Kier alpha value is -1.06. The van der Waals surface area contributed by atoms with Crippen LogP contribution in [0, 0.1) is 5.41 Å². The van der Waals surface area contributed by atoms with Crippen molar-refractivity contribution >= 4 is 11.9 Å². The second-order valence-corrected chi connectivity index (χ2v) is 6.84. The third kappa shape index (κ3) is 5.68. The van der Waals surface area contributed by atoms with E-state index in [9.17, 15) is 9.59 Å². The first kappa shape index (κ1) is 18.0. The molecule has 1 aliphatic rings. The Balaban J connectivity index is 2.66. The van der Waals surface area contributed by atoms with Crippen LogP contribution < -0.4 is 0 Å². The molecular formula is C17H31NO3. The molecule has 0 bridgehead atoms. The van der Waals surface area contributed by atoms with Gasteiger partial charge in [0.15, 0.2) is 0 Å². The van der Waals surface area contributed by atoms with Crippen LogP contribution in [0.2, 0.25) is 0 Å². The molecule has 1 fully saturated rings. The van der Waals surface area contributed by atoms with Crippen LogP contribution >= 0.6 is 0 Å². The predicted octanol–water partition coefficient (Wildman–Crippen LogP) is 3.84. The van der Waals surface area contributed by atoms with Crippen molar-refractivity contribution in [2.45, 2.75) is 84.6 Å². The Bertz CT molecular complexity index is 346. The molecule has 1 rings (SSSR count). The number of rotatable bonds is 9. The molecule has 4 nitrogen and oxygen atoms in total. The molecule has 1 aliphatic carbocycles. The van der Waals surface area contributed by atoms with Crippen LogP contribution in [0.15, 0.2) is 0 Å². The van der Waals surface area contributed by atoms with Crippen LogP contribution in [0.1, 0.15) is 78.6 Å². The van der Waals surface area contributed by atoms with Crippen molar-refractivity contribution in [1.29, 1.82) is 0 Å². The molecule has 0 atom stereocenters. The fraction of sp³-hybridized carbons (Fsp3) is 0.882. The summed E-state index contributed by atoms with van der Waals surface area (Å²) >= 11 is 0. The lowest BCUT2D eigenvalue weighted by molar-refractivity contribution is -0.142. The van der Waals surface area contributed by atoms with Gasteiger partial charge in [0.1, 0.15) is 0 Å². The van der Waals surface area contributed by atoms with Gasteiger partial charge in [0.2, 0.25) is 5.91 Å². The minimum Gasteiger partial charge on any atom is -0.481 e. The zero-order valence-electron chi connectivity index (χ0n) is 13.9. The Labute approximate surface area is 128 Å². The third-order valence-electron chi connectivity index (χ3n) is 4.66. The molecule has 1 saturated carbocycles. The molecule has 0 unspecified atom stereocenters. The molecule has 0 heterocycles. The molecule has 122 valence electrons. The number of carboxylic acids is 1. The number of hydrogen-bond donors (Lipinski definition) is 1. The van der Waals surface area contributed by atoms with Crippen LogP contribution in [-0.4, -0.2) is 34.5 Å². The largest absolute Gasteiger partial charge is 0.481 e. The highest BCUT2D eigenvalue weighted by Crippen LogP contribution is 2.44. The number of unbranched alkanes of at least 4 members (excludes halogenated alkanes) is 2. The van der Waals surface area contributed by atoms with E-state index in [-0.39, 0.29) is 23.8 Å². The minimum atomic E-state index is -0.772. The van der Waals surface area contributed by atoms with E-state index >= 15 is 0 Å². The van der Waals surface area contributed by atoms with Gasteiger partial charge in [-0.05, 0) is 38.5 Å². The zero-order chi connectivity index (χ0) is 15.9. The Kier molecular flexibility index (Phi) is 7.20. The second-order valence-electron chi connectivity index (χ2n) is 6.84. The maximum atomic E-state index is 12.7. The second kappa shape index (κ2) is 8.40. The summed E-state index contributed by atoms with van der Waals surface area (Å²) in [4.78, 5) is 25.7. The number of carboxylic acid groups (broad SMARTS) is 1. The highest BCUT2D eigenvalue weighted by atomic mass is 16.4. The van der Waals surface area contributed by atoms with Crippen LogP contribution in [0.25, 0.3) is 0 Å². The van der Waals surface area contributed by atoms with Crippen molar-refractivity contribution in [2.24, 2.45) is 5.41 Å². The highest BCUT2D eigenvalue weighted by Gasteiger charge is 2.39. The van der Waals surface area contributed by atoms with Gasteiger partial charge in [-0.25, -0.2) is 0 Å². The van der Waals surface area contributed by atoms with Crippen molar-refractivity contribution in [3.63, 3.8) is 0 Å². The maximum Gasteiger partial charge on any atom is 0.303 e. The quantitative estimate of drug-likeness (QED) is 0.658. The van der Waals surface area contributed by atoms with Crippen molar-refractivity contribution < 1.29 is 14.7 Å². The van der Waals surface area contributed by atoms with Crippen molar-refractivity contribution in [3.8, 4) is 0 Å². The first-order valence-electron chi connectivity index (χ1n) is 8.41. The summed E-state index contributed by atoms with van der Waals surface area (Å²) in [5.74, 6) is -0.629. The number of nitrogens with zero attached hydrogens (tertiary/aromatic N) is 1. The van der Waals surface area contributed by atoms with Crippen LogP contribution in [-0.2, 0) is 9.59 Å².